The molecular formula is C11H7BrINO2S2. The maximum Gasteiger partial charge on any atom is 0.265 e. The number of carbonyl (C=O) groups is 1. The zero-order valence-electron chi connectivity index (χ0n) is 9.11. The van der Waals surface area contributed by atoms with Gasteiger partial charge in [-0.15, -0.1) is 0 Å². The Bertz CT molecular complexity index is 565. The molecule has 2 rings (SSSR count). The van der Waals surface area contributed by atoms with Gasteiger partial charge in [0.15, 0.2) is 0 Å². The zero-order chi connectivity index (χ0) is 13.4. The molecule has 1 heterocycles. The molecule has 0 aromatic heterocycles. The highest BCUT2D eigenvalue weighted by Crippen LogP contribution is 2.34. The van der Waals surface area contributed by atoms with Crippen molar-refractivity contribution < 1.29 is 9.90 Å². The number of aromatic hydroxyl groups is 1. The van der Waals surface area contributed by atoms with Crippen LogP contribution in [0.4, 0.5) is 0 Å². The molecule has 18 heavy (non-hydrogen) atoms. The molecule has 94 valence electrons. The van der Waals surface area contributed by atoms with Gasteiger partial charge < -0.3 is 5.11 Å². The Balaban J connectivity index is 2.40. The van der Waals surface area contributed by atoms with Gasteiger partial charge in [-0.25, -0.2) is 0 Å². The van der Waals surface area contributed by atoms with Crippen LogP contribution in [0.5, 0.6) is 5.75 Å². The van der Waals surface area contributed by atoms with Crippen molar-refractivity contribution in [2.24, 2.45) is 0 Å². The van der Waals surface area contributed by atoms with Crippen LogP contribution in [0.25, 0.3) is 6.08 Å². The number of carbonyl (C=O) groups excluding carboxylic acids is 1. The van der Waals surface area contributed by atoms with Crippen LogP contribution in [0.1, 0.15) is 5.56 Å². The highest BCUT2D eigenvalue weighted by Gasteiger charge is 2.28. The summed E-state index contributed by atoms with van der Waals surface area (Å²) in [6.45, 7) is 0. The van der Waals surface area contributed by atoms with E-state index < -0.39 is 0 Å². The molecule has 1 amide bonds. The van der Waals surface area contributed by atoms with Crippen LogP contribution in [-0.4, -0.2) is 27.3 Å². The summed E-state index contributed by atoms with van der Waals surface area (Å²) in [7, 11) is 1.66. The van der Waals surface area contributed by atoms with E-state index in [2.05, 4.69) is 15.9 Å². The molecule has 0 spiro atoms. The first kappa shape index (κ1) is 14.3. The van der Waals surface area contributed by atoms with Crippen molar-refractivity contribution in [1.82, 2.24) is 4.90 Å². The Morgan fingerprint density at radius 1 is 1.56 bits per heavy atom. The number of hydrogen-bond acceptors (Lipinski definition) is 4. The molecule has 0 atom stereocenters. The smallest absolute Gasteiger partial charge is 0.265 e. The highest BCUT2D eigenvalue weighted by atomic mass is 127. The molecule has 0 unspecified atom stereocenters. The third kappa shape index (κ3) is 2.73. The van der Waals surface area contributed by atoms with Crippen LogP contribution in [-0.2, 0) is 4.79 Å². The van der Waals surface area contributed by atoms with Crippen molar-refractivity contribution in [3.8, 4) is 5.75 Å². The summed E-state index contributed by atoms with van der Waals surface area (Å²) < 4.78 is 1.88. The number of likely N-dealkylation sites (N-methyl/N-ethyl adjacent to an activating group) is 1. The molecule has 0 aliphatic carbocycles. The fourth-order valence-corrected chi connectivity index (χ4v) is 4.04. The number of benzene rings is 1. The fraction of sp³-hybridized carbons (Fsp3) is 0.0909. The first-order valence-corrected chi connectivity index (χ1v) is 7.89. The Hall–Kier alpha value is -0.120. The molecule has 0 bridgehead atoms. The predicted octanol–water partition coefficient (Wildman–Crippen LogP) is 3.59. The molecule has 1 saturated heterocycles. The molecular weight excluding hydrogens is 449 g/mol. The summed E-state index contributed by atoms with van der Waals surface area (Å²) in [6.07, 6.45) is 1.77. The van der Waals surface area contributed by atoms with Gasteiger partial charge >= 0.3 is 0 Å². The van der Waals surface area contributed by atoms with Crippen molar-refractivity contribution in [3.63, 3.8) is 0 Å². The SMILES string of the molecule is CN1C(=O)/C(=C/c2cc(Br)c(O)c(I)c2)SC1=S. The van der Waals surface area contributed by atoms with Crippen LogP contribution in [0, 0.1) is 3.57 Å². The molecule has 0 radical (unpaired) electrons. The number of thiocarbonyl (C=S) groups is 1. The summed E-state index contributed by atoms with van der Waals surface area (Å²) in [5, 5.41) is 9.65. The summed E-state index contributed by atoms with van der Waals surface area (Å²) in [4.78, 5) is 13.9. The number of halogens is 2. The maximum absolute atomic E-state index is 11.8. The number of phenolic OH excluding ortho intramolecular Hbond substituents is 1. The van der Waals surface area contributed by atoms with Gasteiger partial charge in [-0.05, 0) is 62.3 Å². The van der Waals surface area contributed by atoms with E-state index in [0.717, 1.165) is 9.13 Å². The molecule has 1 fully saturated rings. The Labute approximate surface area is 136 Å². The monoisotopic (exact) mass is 455 g/mol. The van der Waals surface area contributed by atoms with E-state index in [4.69, 9.17) is 12.2 Å². The van der Waals surface area contributed by atoms with E-state index in [1.165, 1.54) is 16.7 Å². The summed E-state index contributed by atoms with van der Waals surface area (Å²) in [6, 6.07) is 3.57. The molecule has 0 saturated carbocycles. The lowest BCUT2D eigenvalue weighted by Crippen LogP contribution is -2.22. The number of nitrogens with zero attached hydrogens (tertiary/aromatic N) is 1. The third-order valence-electron chi connectivity index (χ3n) is 2.32. The molecule has 1 N–H and O–H groups in total. The van der Waals surface area contributed by atoms with Gasteiger partial charge in [0.2, 0.25) is 0 Å². The Morgan fingerprint density at radius 2 is 2.22 bits per heavy atom. The number of hydrogen-bond donors (Lipinski definition) is 1. The van der Waals surface area contributed by atoms with E-state index >= 15 is 0 Å². The molecule has 1 aromatic rings. The van der Waals surface area contributed by atoms with Crippen molar-refractivity contribution in [1.29, 1.82) is 0 Å². The quantitative estimate of drug-likeness (QED) is 0.399. The predicted molar refractivity (Wildman–Crippen MR) is 89.5 cm³/mol. The number of phenols is 1. The minimum absolute atomic E-state index is 0.0933. The van der Waals surface area contributed by atoms with E-state index in [1.807, 2.05) is 28.7 Å². The lowest BCUT2D eigenvalue weighted by atomic mass is 10.2. The van der Waals surface area contributed by atoms with Gasteiger partial charge in [0, 0.05) is 7.05 Å². The fourth-order valence-electron chi connectivity index (χ4n) is 1.37. The lowest BCUT2D eigenvalue weighted by molar-refractivity contribution is -0.121. The van der Waals surface area contributed by atoms with Crippen LogP contribution >= 0.6 is 62.5 Å². The van der Waals surface area contributed by atoms with Crippen LogP contribution in [0.2, 0.25) is 0 Å². The average Bonchev–Trinajstić information content (AvgIpc) is 2.54. The number of amides is 1. The van der Waals surface area contributed by atoms with Gasteiger partial charge in [-0.3, -0.25) is 9.69 Å². The lowest BCUT2D eigenvalue weighted by Gasteiger charge is -2.04. The first-order valence-electron chi connectivity index (χ1n) is 4.79. The second-order valence-corrected chi connectivity index (χ2v) is 7.27. The summed E-state index contributed by atoms with van der Waals surface area (Å²) in [5.74, 6) is 0.111. The number of rotatable bonds is 1. The minimum atomic E-state index is -0.0933. The normalized spacial score (nSPS) is 17.9. The van der Waals surface area contributed by atoms with Crippen LogP contribution < -0.4 is 0 Å². The Morgan fingerprint density at radius 3 is 2.72 bits per heavy atom. The van der Waals surface area contributed by atoms with Crippen molar-refractivity contribution >= 4 is 78.8 Å². The molecule has 1 aromatic carbocycles. The van der Waals surface area contributed by atoms with E-state index in [-0.39, 0.29) is 11.7 Å². The van der Waals surface area contributed by atoms with Gasteiger partial charge in [0.05, 0.1) is 12.9 Å². The van der Waals surface area contributed by atoms with Gasteiger partial charge in [0.1, 0.15) is 10.1 Å². The summed E-state index contributed by atoms with van der Waals surface area (Å²) >= 11 is 11.7. The van der Waals surface area contributed by atoms with E-state index in [1.54, 1.807) is 19.2 Å². The second-order valence-electron chi connectivity index (χ2n) is 3.57. The standard InChI is InChI=1S/C11H7BrINO2S2/c1-14-10(16)8(18-11(14)17)4-5-2-6(12)9(15)7(13)3-5/h2-4,15H,1H3/b8-4-. The van der Waals surface area contributed by atoms with Crippen LogP contribution in [0.3, 0.4) is 0 Å². The minimum Gasteiger partial charge on any atom is -0.506 e. The topological polar surface area (TPSA) is 40.5 Å². The van der Waals surface area contributed by atoms with Crippen molar-refractivity contribution in [2.45, 2.75) is 0 Å². The van der Waals surface area contributed by atoms with E-state index in [9.17, 15) is 9.90 Å². The van der Waals surface area contributed by atoms with Gasteiger partial charge in [-0.1, -0.05) is 24.0 Å². The largest absolute Gasteiger partial charge is 0.506 e. The number of thioether (sulfide) groups is 1. The first-order chi connectivity index (χ1) is 8.40. The molecule has 3 nitrogen and oxygen atoms in total. The Kier molecular flexibility index (Phi) is 4.35. The van der Waals surface area contributed by atoms with Gasteiger partial charge in [0.25, 0.3) is 5.91 Å². The zero-order valence-corrected chi connectivity index (χ0v) is 14.5. The maximum atomic E-state index is 11.8. The molecule has 1 aliphatic rings. The molecule has 1 aliphatic heterocycles. The third-order valence-corrected chi connectivity index (χ3v) is 5.24. The van der Waals surface area contributed by atoms with Crippen LogP contribution in [0.15, 0.2) is 21.5 Å². The van der Waals surface area contributed by atoms with Gasteiger partial charge in [-0.2, -0.15) is 0 Å². The van der Waals surface area contributed by atoms with E-state index in [0.29, 0.717) is 13.7 Å². The van der Waals surface area contributed by atoms with Crippen molar-refractivity contribution in [3.05, 3.63) is 30.6 Å². The summed E-state index contributed by atoms with van der Waals surface area (Å²) in [5.41, 5.74) is 0.845. The molecule has 7 heteroatoms. The highest BCUT2D eigenvalue weighted by molar-refractivity contribution is 14.1. The second kappa shape index (κ2) is 5.48. The van der Waals surface area contributed by atoms with Crippen molar-refractivity contribution in [2.75, 3.05) is 7.05 Å². The average molecular weight is 456 g/mol.